The average molecular weight is 406 g/mol. The number of aromatic nitrogens is 4. The number of benzene rings is 1. The Labute approximate surface area is 171 Å². The van der Waals surface area contributed by atoms with Gasteiger partial charge < -0.3 is 9.15 Å². The fourth-order valence-electron chi connectivity index (χ4n) is 2.77. The second kappa shape index (κ2) is 8.32. The second-order valence-corrected chi connectivity index (χ2v) is 7.21. The third-order valence-corrected chi connectivity index (χ3v) is 5.19. The van der Waals surface area contributed by atoms with Crippen LogP contribution in [0.3, 0.4) is 0 Å². The molecular weight excluding hydrogens is 388 g/mol. The van der Waals surface area contributed by atoms with E-state index in [1.807, 2.05) is 47.9 Å². The van der Waals surface area contributed by atoms with Crippen molar-refractivity contribution in [3.05, 3.63) is 78.0 Å². The second-order valence-electron chi connectivity index (χ2n) is 6.27. The molecule has 7 nitrogen and oxygen atoms in total. The number of hydrogen-bond donors (Lipinski definition) is 0. The molecule has 1 aromatic carbocycles. The summed E-state index contributed by atoms with van der Waals surface area (Å²) in [4.78, 5) is 15.8. The van der Waals surface area contributed by atoms with E-state index in [4.69, 9.17) is 4.42 Å². The van der Waals surface area contributed by atoms with Crippen LogP contribution in [-0.4, -0.2) is 32.8 Å². The van der Waals surface area contributed by atoms with E-state index in [0.29, 0.717) is 22.5 Å². The number of carbonyl (C=O) groups excluding carboxylic acids is 1. The Morgan fingerprint density at radius 1 is 1.14 bits per heavy atom. The van der Waals surface area contributed by atoms with Gasteiger partial charge in [-0.2, -0.15) is 0 Å². The molecule has 3 heterocycles. The predicted molar refractivity (Wildman–Crippen MR) is 109 cm³/mol. The summed E-state index contributed by atoms with van der Waals surface area (Å²) < 4.78 is 12.2. The Kier molecular flexibility index (Phi) is 5.44. The van der Waals surface area contributed by atoms with Gasteiger partial charge in [-0.15, -0.1) is 10.2 Å². The van der Waals surface area contributed by atoms with Gasteiger partial charge in [0.05, 0.1) is 12.9 Å². The first-order valence-corrected chi connectivity index (χ1v) is 9.87. The normalized spacial score (nSPS) is 10.8. The van der Waals surface area contributed by atoms with Crippen LogP contribution in [0.2, 0.25) is 0 Å². The van der Waals surface area contributed by atoms with Crippen LogP contribution in [0.15, 0.2) is 70.5 Å². The molecule has 0 N–H and O–H groups in total. The van der Waals surface area contributed by atoms with Crippen LogP contribution in [0, 0.1) is 6.92 Å². The quantitative estimate of drug-likeness (QED) is 0.348. The number of hydrogen-bond acceptors (Lipinski definition) is 7. The molecular formula is C21H18N4O3S. The van der Waals surface area contributed by atoms with Gasteiger partial charge in [0.1, 0.15) is 5.76 Å². The minimum absolute atomic E-state index is 0.180. The molecule has 8 heteroatoms. The standard InChI is InChI=1S/C21H18N4O3S/c1-14-5-7-16(8-6-14)25-19(15-4-3-11-22-12-15)23-24-21(25)29-13-17-9-10-18(28-17)20(26)27-2/h3-12H,13H2,1-2H3. The smallest absolute Gasteiger partial charge is 0.373 e. The van der Waals surface area contributed by atoms with Crippen LogP contribution in [0.25, 0.3) is 17.1 Å². The van der Waals surface area contributed by atoms with E-state index >= 15 is 0 Å². The van der Waals surface area contributed by atoms with Crippen molar-refractivity contribution in [2.24, 2.45) is 0 Å². The van der Waals surface area contributed by atoms with Gasteiger partial charge >= 0.3 is 5.97 Å². The lowest BCUT2D eigenvalue weighted by Gasteiger charge is -2.10. The summed E-state index contributed by atoms with van der Waals surface area (Å²) in [5.41, 5.74) is 3.00. The van der Waals surface area contributed by atoms with Gasteiger partial charge in [0.25, 0.3) is 0 Å². The minimum Gasteiger partial charge on any atom is -0.463 e. The van der Waals surface area contributed by atoms with Crippen LogP contribution >= 0.6 is 11.8 Å². The highest BCUT2D eigenvalue weighted by Gasteiger charge is 2.18. The Morgan fingerprint density at radius 3 is 2.69 bits per heavy atom. The van der Waals surface area contributed by atoms with Gasteiger partial charge in [-0.1, -0.05) is 29.5 Å². The molecule has 0 aliphatic heterocycles. The maximum atomic E-state index is 11.6. The number of furan rings is 1. The number of rotatable bonds is 6. The summed E-state index contributed by atoms with van der Waals surface area (Å²) in [5, 5.41) is 9.48. The summed E-state index contributed by atoms with van der Waals surface area (Å²) in [6.07, 6.45) is 3.49. The summed E-state index contributed by atoms with van der Waals surface area (Å²) >= 11 is 1.47. The van der Waals surface area contributed by atoms with Crippen molar-refractivity contribution in [1.29, 1.82) is 0 Å². The fourth-order valence-corrected chi connectivity index (χ4v) is 3.62. The van der Waals surface area contributed by atoms with Gasteiger partial charge in [-0.3, -0.25) is 9.55 Å². The molecule has 0 bridgehead atoms. The SMILES string of the molecule is COC(=O)c1ccc(CSc2nnc(-c3cccnc3)n2-c2ccc(C)cc2)o1. The number of ether oxygens (including phenoxy) is 1. The van der Waals surface area contributed by atoms with Crippen molar-refractivity contribution in [1.82, 2.24) is 19.7 Å². The number of carbonyl (C=O) groups is 1. The summed E-state index contributed by atoms with van der Waals surface area (Å²) in [7, 11) is 1.32. The van der Waals surface area contributed by atoms with Crippen molar-refractivity contribution in [3.8, 4) is 17.1 Å². The van der Waals surface area contributed by atoms with E-state index in [2.05, 4.69) is 19.9 Å². The van der Waals surface area contributed by atoms with E-state index < -0.39 is 5.97 Å². The molecule has 4 rings (SSSR count). The Bertz CT molecular complexity index is 1120. The number of methoxy groups -OCH3 is 1. The number of esters is 1. The number of aryl methyl sites for hydroxylation is 1. The van der Waals surface area contributed by atoms with E-state index in [1.165, 1.54) is 24.4 Å². The molecule has 0 fully saturated rings. The summed E-state index contributed by atoms with van der Waals surface area (Å²) in [6, 6.07) is 15.3. The first kappa shape index (κ1) is 18.9. The summed E-state index contributed by atoms with van der Waals surface area (Å²) in [5.74, 6) is 1.53. The Morgan fingerprint density at radius 2 is 1.97 bits per heavy atom. The van der Waals surface area contributed by atoms with Gasteiger partial charge in [0.15, 0.2) is 11.0 Å². The maximum absolute atomic E-state index is 11.6. The lowest BCUT2D eigenvalue weighted by atomic mass is 10.2. The zero-order valence-electron chi connectivity index (χ0n) is 15.9. The summed E-state index contributed by atoms with van der Waals surface area (Å²) in [6.45, 7) is 2.05. The van der Waals surface area contributed by atoms with Crippen molar-refractivity contribution < 1.29 is 13.9 Å². The average Bonchev–Trinajstić information content (AvgIpc) is 3.40. The molecule has 0 amide bonds. The van der Waals surface area contributed by atoms with E-state index in [-0.39, 0.29) is 5.76 Å². The fraction of sp³-hybridized carbons (Fsp3) is 0.143. The zero-order chi connectivity index (χ0) is 20.2. The third kappa shape index (κ3) is 4.07. The van der Waals surface area contributed by atoms with Crippen molar-refractivity contribution >= 4 is 17.7 Å². The van der Waals surface area contributed by atoms with Crippen molar-refractivity contribution in [2.75, 3.05) is 7.11 Å². The highest BCUT2D eigenvalue weighted by Crippen LogP contribution is 2.30. The highest BCUT2D eigenvalue weighted by molar-refractivity contribution is 7.98. The lowest BCUT2D eigenvalue weighted by Crippen LogP contribution is -2.00. The zero-order valence-corrected chi connectivity index (χ0v) is 16.7. The number of thioether (sulfide) groups is 1. The predicted octanol–water partition coefficient (Wildman–Crippen LogP) is 4.31. The number of pyridine rings is 1. The van der Waals surface area contributed by atoms with Crippen LogP contribution in [-0.2, 0) is 10.5 Å². The number of nitrogens with zero attached hydrogens (tertiary/aromatic N) is 4. The van der Waals surface area contributed by atoms with Crippen LogP contribution < -0.4 is 0 Å². The van der Waals surface area contributed by atoms with Gasteiger partial charge in [-0.25, -0.2) is 4.79 Å². The first-order valence-electron chi connectivity index (χ1n) is 8.88. The Hall–Kier alpha value is -3.39. The molecule has 0 radical (unpaired) electrons. The molecule has 0 unspecified atom stereocenters. The molecule has 3 aromatic heterocycles. The molecule has 0 aliphatic rings. The molecule has 146 valence electrons. The first-order chi connectivity index (χ1) is 14.2. The lowest BCUT2D eigenvalue weighted by molar-refractivity contribution is 0.0563. The van der Waals surface area contributed by atoms with Gasteiger partial charge in [-0.05, 0) is 43.3 Å². The highest BCUT2D eigenvalue weighted by atomic mass is 32.2. The van der Waals surface area contributed by atoms with Crippen LogP contribution in [0.4, 0.5) is 0 Å². The van der Waals surface area contributed by atoms with Crippen LogP contribution in [0.1, 0.15) is 21.9 Å². The molecule has 0 spiro atoms. The maximum Gasteiger partial charge on any atom is 0.373 e. The largest absolute Gasteiger partial charge is 0.463 e. The molecule has 29 heavy (non-hydrogen) atoms. The van der Waals surface area contributed by atoms with Crippen LogP contribution in [0.5, 0.6) is 0 Å². The molecule has 0 atom stereocenters. The molecule has 4 aromatic rings. The monoisotopic (exact) mass is 406 g/mol. The van der Waals surface area contributed by atoms with Gasteiger partial charge in [0.2, 0.25) is 5.76 Å². The van der Waals surface area contributed by atoms with Crippen molar-refractivity contribution in [3.63, 3.8) is 0 Å². The van der Waals surface area contributed by atoms with E-state index in [0.717, 1.165) is 11.3 Å². The molecule has 0 saturated heterocycles. The van der Waals surface area contributed by atoms with Gasteiger partial charge in [0, 0.05) is 23.6 Å². The molecule has 0 saturated carbocycles. The molecule has 0 aliphatic carbocycles. The third-order valence-electron chi connectivity index (χ3n) is 4.24. The van der Waals surface area contributed by atoms with Crippen molar-refractivity contribution in [2.45, 2.75) is 17.8 Å². The van der Waals surface area contributed by atoms with E-state index in [1.54, 1.807) is 24.5 Å². The topological polar surface area (TPSA) is 83.0 Å². The Balaban J connectivity index is 1.66. The van der Waals surface area contributed by atoms with E-state index in [9.17, 15) is 4.79 Å². The minimum atomic E-state index is -0.497.